The van der Waals surface area contributed by atoms with E-state index in [1.54, 1.807) is 26.0 Å². The van der Waals surface area contributed by atoms with E-state index < -0.39 is 0 Å². The number of esters is 1. The van der Waals surface area contributed by atoms with Crippen molar-refractivity contribution < 1.29 is 9.53 Å². The maximum Gasteiger partial charge on any atom is 0.330 e. The van der Waals surface area contributed by atoms with E-state index in [-0.39, 0.29) is 5.97 Å². The van der Waals surface area contributed by atoms with Crippen LogP contribution in [0, 0.1) is 0 Å². The van der Waals surface area contributed by atoms with Crippen LogP contribution in [0.5, 0.6) is 0 Å². The van der Waals surface area contributed by atoms with Crippen LogP contribution in [0.4, 0.5) is 0 Å². The Morgan fingerprint density at radius 1 is 1.58 bits per heavy atom. The van der Waals surface area contributed by atoms with Gasteiger partial charge in [0.15, 0.2) is 0 Å². The van der Waals surface area contributed by atoms with Crippen molar-refractivity contribution in [3.8, 4) is 0 Å². The molecule has 4 heteroatoms. The fraction of sp³-hybridized carbons (Fsp3) is 0.500. The summed E-state index contributed by atoms with van der Waals surface area (Å²) in [6.07, 6.45) is 4.39. The maximum absolute atomic E-state index is 10.7. The van der Waals surface area contributed by atoms with Crippen molar-refractivity contribution in [1.29, 1.82) is 0 Å². The molecule has 0 spiro atoms. The summed E-state index contributed by atoms with van der Waals surface area (Å²) >= 11 is 0. The first-order chi connectivity index (χ1) is 5.66. The maximum atomic E-state index is 10.7. The molecule has 0 unspecified atom stereocenters. The average Bonchev–Trinajstić information content (AvgIpc) is 1.98. The van der Waals surface area contributed by atoms with Gasteiger partial charge in [-0.15, -0.1) is 0 Å². The molecule has 0 aromatic rings. The molecule has 0 aliphatic heterocycles. The van der Waals surface area contributed by atoms with Crippen LogP contribution >= 0.6 is 0 Å². The van der Waals surface area contributed by atoms with Crippen molar-refractivity contribution in [2.24, 2.45) is 5.10 Å². The van der Waals surface area contributed by atoms with Gasteiger partial charge < -0.3 is 9.75 Å². The Hall–Kier alpha value is -1.32. The van der Waals surface area contributed by atoms with Crippen LogP contribution in [0.2, 0.25) is 0 Å². The quantitative estimate of drug-likeness (QED) is 0.269. The van der Waals surface area contributed by atoms with Gasteiger partial charge in [-0.05, 0) is 13.0 Å². The number of hydrogen-bond acceptors (Lipinski definition) is 4. The molecular weight excluding hydrogens is 156 g/mol. The minimum atomic E-state index is -0.345. The molecule has 12 heavy (non-hydrogen) atoms. The number of allylic oxidation sites excluding steroid dienone is 1. The second kappa shape index (κ2) is 6.39. The third-order valence-corrected chi connectivity index (χ3v) is 0.903. The highest BCUT2D eigenvalue weighted by atomic mass is 16.5. The molecule has 68 valence electrons. The number of rotatable bonds is 4. The van der Waals surface area contributed by atoms with Gasteiger partial charge in [-0.1, -0.05) is 0 Å². The summed E-state index contributed by atoms with van der Waals surface area (Å²) in [6.45, 7) is 2.16. The fourth-order valence-corrected chi connectivity index (χ4v) is 0.484. The second-order valence-corrected chi connectivity index (χ2v) is 2.22. The second-order valence-electron chi connectivity index (χ2n) is 2.22. The molecule has 0 aromatic carbocycles. The predicted molar refractivity (Wildman–Crippen MR) is 48.0 cm³/mol. The summed E-state index contributed by atoms with van der Waals surface area (Å²) in [7, 11) is 3.60. The normalized spacial score (nSPS) is 10.9. The van der Waals surface area contributed by atoms with Crippen LogP contribution < -0.4 is 0 Å². The van der Waals surface area contributed by atoms with Crippen molar-refractivity contribution in [1.82, 2.24) is 5.01 Å². The molecule has 0 aliphatic rings. The number of hydrogen-bond donors (Lipinski definition) is 0. The number of carbonyl (C=O) groups excluding carboxylic acids is 1. The van der Waals surface area contributed by atoms with Crippen LogP contribution in [0.25, 0.3) is 0 Å². The topological polar surface area (TPSA) is 41.9 Å². The third kappa shape index (κ3) is 6.80. The Bertz CT molecular complexity index is 185. The lowest BCUT2D eigenvalue weighted by molar-refractivity contribution is -0.137. The van der Waals surface area contributed by atoms with Gasteiger partial charge >= 0.3 is 5.97 Å². The van der Waals surface area contributed by atoms with E-state index in [1.807, 2.05) is 0 Å². The molecule has 0 saturated heterocycles. The molecule has 0 amide bonds. The molecule has 0 rings (SSSR count). The van der Waals surface area contributed by atoms with Crippen LogP contribution in [0.15, 0.2) is 17.3 Å². The summed E-state index contributed by atoms with van der Waals surface area (Å²) < 4.78 is 4.65. The lowest BCUT2D eigenvalue weighted by Gasteiger charge is -1.99. The SMILES string of the molecule is CCOC(=O)/C=C/C=N/N(C)C. The van der Waals surface area contributed by atoms with Gasteiger partial charge in [-0.25, -0.2) is 4.79 Å². The van der Waals surface area contributed by atoms with Crippen LogP contribution in [0.1, 0.15) is 6.92 Å². The summed E-state index contributed by atoms with van der Waals surface area (Å²) in [5, 5.41) is 5.50. The van der Waals surface area contributed by atoms with Gasteiger partial charge in [0.25, 0.3) is 0 Å². The summed E-state index contributed by atoms with van der Waals surface area (Å²) in [5.74, 6) is -0.345. The zero-order valence-corrected chi connectivity index (χ0v) is 7.65. The molecule has 0 atom stereocenters. The minimum absolute atomic E-state index is 0.345. The minimum Gasteiger partial charge on any atom is -0.463 e. The van der Waals surface area contributed by atoms with Crippen molar-refractivity contribution in [2.75, 3.05) is 20.7 Å². The monoisotopic (exact) mass is 170 g/mol. The van der Waals surface area contributed by atoms with Gasteiger partial charge in [-0.3, -0.25) is 0 Å². The van der Waals surface area contributed by atoms with E-state index in [9.17, 15) is 4.79 Å². The molecular formula is C8H14N2O2. The highest BCUT2D eigenvalue weighted by Crippen LogP contribution is 1.80. The molecule has 0 fully saturated rings. The first kappa shape index (κ1) is 10.7. The predicted octanol–water partition coefficient (Wildman–Crippen LogP) is 0.653. The van der Waals surface area contributed by atoms with Crippen LogP contribution in [0.3, 0.4) is 0 Å². The van der Waals surface area contributed by atoms with Crippen molar-refractivity contribution in [3.63, 3.8) is 0 Å². The molecule has 0 aliphatic carbocycles. The standard InChI is InChI=1S/C8H14N2O2/c1-4-12-8(11)6-5-7-9-10(2)3/h5-7H,4H2,1-3H3/b6-5+,9-7+. The molecule has 0 aromatic heterocycles. The molecule has 0 bridgehead atoms. The molecule has 0 heterocycles. The Morgan fingerprint density at radius 2 is 2.25 bits per heavy atom. The molecule has 4 nitrogen and oxygen atoms in total. The Morgan fingerprint density at radius 3 is 2.75 bits per heavy atom. The lowest BCUT2D eigenvalue weighted by atomic mass is 10.5. The highest BCUT2D eigenvalue weighted by Gasteiger charge is 1.89. The molecule has 0 saturated carbocycles. The Labute approximate surface area is 72.5 Å². The molecule has 0 radical (unpaired) electrons. The Kier molecular flexibility index (Phi) is 5.69. The Balaban J connectivity index is 3.68. The van der Waals surface area contributed by atoms with E-state index in [2.05, 4.69) is 9.84 Å². The summed E-state index contributed by atoms with van der Waals surface area (Å²) in [4.78, 5) is 10.7. The third-order valence-electron chi connectivity index (χ3n) is 0.903. The first-order valence-electron chi connectivity index (χ1n) is 3.71. The summed E-state index contributed by atoms with van der Waals surface area (Å²) in [5.41, 5.74) is 0. The largest absolute Gasteiger partial charge is 0.463 e. The summed E-state index contributed by atoms with van der Waals surface area (Å²) in [6, 6.07) is 0. The van der Waals surface area contributed by atoms with Crippen LogP contribution in [-0.2, 0) is 9.53 Å². The average molecular weight is 170 g/mol. The van der Waals surface area contributed by atoms with Gasteiger partial charge in [0.1, 0.15) is 0 Å². The van der Waals surface area contributed by atoms with E-state index in [0.29, 0.717) is 6.61 Å². The van der Waals surface area contributed by atoms with Crippen LogP contribution in [-0.4, -0.2) is 37.9 Å². The lowest BCUT2D eigenvalue weighted by Crippen LogP contribution is -2.01. The smallest absolute Gasteiger partial charge is 0.330 e. The zero-order valence-electron chi connectivity index (χ0n) is 7.65. The van der Waals surface area contributed by atoms with Gasteiger partial charge in [0.2, 0.25) is 0 Å². The van der Waals surface area contributed by atoms with Crippen molar-refractivity contribution >= 4 is 12.2 Å². The van der Waals surface area contributed by atoms with E-state index >= 15 is 0 Å². The van der Waals surface area contributed by atoms with E-state index in [0.717, 1.165) is 0 Å². The fourth-order valence-electron chi connectivity index (χ4n) is 0.484. The number of carbonyl (C=O) groups is 1. The van der Waals surface area contributed by atoms with Crippen molar-refractivity contribution in [2.45, 2.75) is 6.92 Å². The van der Waals surface area contributed by atoms with E-state index in [4.69, 9.17) is 0 Å². The van der Waals surface area contributed by atoms with Gasteiger partial charge in [0.05, 0.1) is 6.61 Å². The number of nitrogens with zero attached hydrogens (tertiary/aromatic N) is 2. The zero-order chi connectivity index (χ0) is 9.40. The first-order valence-corrected chi connectivity index (χ1v) is 3.71. The highest BCUT2D eigenvalue weighted by molar-refractivity contribution is 5.87. The number of ether oxygens (including phenoxy) is 1. The van der Waals surface area contributed by atoms with Gasteiger partial charge in [0, 0.05) is 26.4 Å². The van der Waals surface area contributed by atoms with Gasteiger partial charge in [-0.2, -0.15) is 5.10 Å². The molecule has 0 N–H and O–H groups in total. The van der Waals surface area contributed by atoms with Crippen molar-refractivity contribution in [3.05, 3.63) is 12.2 Å². The number of hydrazone groups is 1. The van der Waals surface area contributed by atoms with E-state index in [1.165, 1.54) is 18.4 Å².